The third kappa shape index (κ3) is 10.3. The lowest BCUT2D eigenvalue weighted by atomic mass is 9.99. The first kappa shape index (κ1) is 31.2. The van der Waals surface area contributed by atoms with Gasteiger partial charge in [0, 0.05) is 23.5 Å². The molecule has 0 saturated heterocycles. The monoisotopic (exact) mass is 552 g/mol. The minimum atomic E-state index is -2.01. The van der Waals surface area contributed by atoms with E-state index in [0.717, 1.165) is 54.5 Å². The van der Waals surface area contributed by atoms with Gasteiger partial charge in [0.15, 0.2) is 5.82 Å². The molecule has 0 unspecified atom stereocenters. The largest absolute Gasteiger partial charge is 0.494 e. The first-order valence-electron chi connectivity index (χ1n) is 14.5. The predicted molar refractivity (Wildman–Crippen MR) is 156 cm³/mol. The second-order valence-corrected chi connectivity index (χ2v) is 10.6. The molecule has 3 aromatic rings. The first-order chi connectivity index (χ1) is 19.3. The molecule has 7 heteroatoms. The number of benzene rings is 2. The molecule has 216 valence electrons. The van der Waals surface area contributed by atoms with Gasteiger partial charge >= 0.3 is 5.97 Å². The minimum absolute atomic E-state index is 0.163. The fraction of sp³-hybridized carbons (Fsp3) is 0.485. The molecule has 5 nitrogen and oxygen atoms in total. The van der Waals surface area contributed by atoms with Crippen molar-refractivity contribution in [3.8, 4) is 34.0 Å². The Kier molecular flexibility index (Phi) is 12.5. The summed E-state index contributed by atoms with van der Waals surface area (Å²) < 4.78 is 38.8. The number of hydrogen-bond donors (Lipinski definition) is 0. The zero-order chi connectivity index (χ0) is 28.8. The maximum atomic E-state index is 14.9. The summed E-state index contributed by atoms with van der Waals surface area (Å²) in [5, 5.41) is 0. The molecule has 1 heterocycles. The van der Waals surface area contributed by atoms with Crippen molar-refractivity contribution in [1.29, 1.82) is 0 Å². The second-order valence-electron chi connectivity index (χ2n) is 10.6. The maximum Gasteiger partial charge on any atom is 0.348 e. The Morgan fingerprint density at radius 1 is 0.825 bits per heavy atom. The smallest absolute Gasteiger partial charge is 0.348 e. The van der Waals surface area contributed by atoms with E-state index in [1.54, 1.807) is 43.6 Å². The van der Waals surface area contributed by atoms with E-state index in [2.05, 4.69) is 16.9 Å². The van der Waals surface area contributed by atoms with Crippen LogP contribution in [0.3, 0.4) is 0 Å². The minimum Gasteiger partial charge on any atom is -0.494 e. The topological polar surface area (TPSA) is 61.3 Å². The molecular formula is C33H42F2N2O3. The molecule has 3 rings (SSSR count). The highest BCUT2D eigenvalue weighted by Crippen LogP contribution is 2.27. The van der Waals surface area contributed by atoms with Crippen LogP contribution in [-0.2, 0) is 4.79 Å². The van der Waals surface area contributed by atoms with Crippen LogP contribution >= 0.6 is 0 Å². The summed E-state index contributed by atoms with van der Waals surface area (Å²) in [6.45, 7) is 5.59. The van der Waals surface area contributed by atoms with Gasteiger partial charge in [-0.2, -0.15) is 0 Å². The van der Waals surface area contributed by atoms with E-state index >= 15 is 0 Å². The maximum absolute atomic E-state index is 14.9. The lowest BCUT2D eigenvalue weighted by Crippen LogP contribution is -2.34. The van der Waals surface area contributed by atoms with Crippen LogP contribution in [0.15, 0.2) is 60.9 Å². The molecule has 0 saturated carbocycles. The van der Waals surface area contributed by atoms with Gasteiger partial charge in [-0.3, -0.25) is 0 Å². The molecule has 1 aromatic heterocycles. The molecular weight excluding hydrogens is 510 g/mol. The van der Waals surface area contributed by atoms with Gasteiger partial charge in [-0.05, 0) is 87.9 Å². The van der Waals surface area contributed by atoms with Crippen molar-refractivity contribution in [3.63, 3.8) is 0 Å². The molecule has 0 radical (unpaired) electrons. The lowest BCUT2D eigenvalue weighted by Gasteiger charge is -2.18. The van der Waals surface area contributed by atoms with E-state index in [-0.39, 0.29) is 6.42 Å². The summed E-state index contributed by atoms with van der Waals surface area (Å²) in [7, 11) is 0. The van der Waals surface area contributed by atoms with Crippen LogP contribution in [0.25, 0.3) is 22.5 Å². The Balaban J connectivity index is 1.49. The number of hydrogen-bond acceptors (Lipinski definition) is 5. The second kappa shape index (κ2) is 16.0. The summed E-state index contributed by atoms with van der Waals surface area (Å²) >= 11 is 0. The number of carbonyl (C=O) groups is 1. The average molecular weight is 553 g/mol. The van der Waals surface area contributed by atoms with Gasteiger partial charge in [0.2, 0.25) is 5.67 Å². The highest BCUT2D eigenvalue weighted by molar-refractivity contribution is 5.81. The molecule has 0 N–H and O–H groups in total. The number of ether oxygens (including phenoxy) is 2. The van der Waals surface area contributed by atoms with Gasteiger partial charge in [-0.1, -0.05) is 51.2 Å². The van der Waals surface area contributed by atoms with E-state index in [1.165, 1.54) is 19.8 Å². The van der Waals surface area contributed by atoms with E-state index in [1.807, 2.05) is 24.3 Å². The fourth-order valence-electron chi connectivity index (χ4n) is 4.31. The Morgan fingerprint density at radius 2 is 1.43 bits per heavy atom. The van der Waals surface area contributed by atoms with Gasteiger partial charge in [0.1, 0.15) is 11.5 Å². The normalized spacial score (nSPS) is 13.4. The molecule has 0 amide bonds. The van der Waals surface area contributed by atoms with Crippen molar-refractivity contribution in [2.24, 2.45) is 0 Å². The Bertz CT molecular complexity index is 1150. The van der Waals surface area contributed by atoms with Gasteiger partial charge in [-0.15, -0.1) is 0 Å². The van der Waals surface area contributed by atoms with Crippen molar-refractivity contribution in [3.05, 3.63) is 60.9 Å². The molecule has 2 atom stereocenters. The molecule has 0 aliphatic heterocycles. The number of aromatic nitrogens is 2. The van der Waals surface area contributed by atoms with Crippen LogP contribution in [-0.4, -0.2) is 34.4 Å². The molecule has 0 aliphatic rings. The quantitative estimate of drug-likeness (QED) is 0.0949. The summed E-state index contributed by atoms with van der Waals surface area (Å²) in [6.07, 6.45) is 11.2. The number of alkyl halides is 2. The van der Waals surface area contributed by atoms with E-state index in [0.29, 0.717) is 31.0 Å². The Hall–Kier alpha value is -3.35. The van der Waals surface area contributed by atoms with Crippen molar-refractivity contribution in [2.45, 2.75) is 96.8 Å². The van der Waals surface area contributed by atoms with E-state index in [4.69, 9.17) is 9.47 Å². The van der Waals surface area contributed by atoms with Gasteiger partial charge in [0.05, 0.1) is 12.8 Å². The van der Waals surface area contributed by atoms with Crippen LogP contribution in [0, 0.1) is 0 Å². The summed E-state index contributed by atoms with van der Waals surface area (Å²) in [6, 6.07) is 14.5. The van der Waals surface area contributed by atoms with Gasteiger partial charge in [-0.25, -0.2) is 23.5 Å². The predicted octanol–water partition coefficient (Wildman–Crippen LogP) is 9.10. The molecule has 2 aromatic carbocycles. The molecule has 0 bridgehead atoms. The fourth-order valence-corrected chi connectivity index (χ4v) is 4.31. The number of carbonyl (C=O) groups excluding carboxylic acids is 1. The zero-order valence-corrected chi connectivity index (χ0v) is 24.0. The molecule has 0 aliphatic carbocycles. The van der Waals surface area contributed by atoms with Crippen molar-refractivity contribution in [2.75, 3.05) is 6.61 Å². The van der Waals surface area contributed by atoms with Crippen LogP contribution in [0.1, 0.15) is 85.0 Å². The summed E-state index contributed by atoms with van der Waals surface area (Å²) in [5.41, 5.74) is 0.518. The van der Waals surface area contributed by atoms with Crippen LogP contribution in [0.5, 0.6) is 11.5 Å². The highest BCUT2D eigenvalue weighted by atomic mass is 19.1. The number of rotatable bonds is 17. The standard InChI is InChI=1S/C33H42F2N2O3/c1-4-5-6-7-8-10-21-33(3,35)32(38)40-30-19-13-26(14-20-30)28-23-36-31(37-24-28)27-15-17-29(18-16-27)39-22-11-9-12-25(2)34/h13-20,23-25H,4-12,21-22H2,1-3H3/t25-,33-/m0/s1. The van der Waals surface area contributed by atoms with Crippen LogP contribution in [0.2, 0.25) is 0 Å². The number of unbranched alkanes of at least 4 members (excludes halogenated alkanes) is 6. The average Bonchev–Trinajstić information content (AvgIpc) is 2.95. The van der Waals surface area contributed by atoms with Crippen molar-refractivity contribution < 1.29 is 23.0 Å². The zero-order valence-electron chi connectivity index (χ0n) is 24.0. The summed E-state index contributed by atoms with van der Waals surface area (Å²) in [4.78, 5) is 21.4. The molecule has 0 fully saturated rings. The SMILES string of the molecule is CCCCCCCC[C@](C)(F)C(=O)Oc1ccc(-c2cnc(-c3ccc(OCCCC[C@H](C)F)cc3)nc2)cc1. The van der Waals surface area contributed by atoms with Gasteiger partial charge < -0.3 is 9.47 Å². The highest BCUT2D eigenvalue weighted by Gasteiger charge is 2.34. The van der Waals surface area contributed by atoms with Crippen molar-refractivity contribution in [1.82, 2.24) is 9.97 Å². The number of halogens is 2. The third-order valence-electron chi connectivity index (χ3n) is 6.85. The number of esters is 1. The molecule has 40 heavy (non-hydrogen) atoms. The first-order valence-corrected chi connectivity index (χ1v) is 14.5. The van der Waals surface area contributed by atoms with E-state index < -0.39 is 17.8 Å². The van der Waals surface area contributed by atoms with Crippen LogP contribution < -0.4 is 9.47 Å². The van der Waals surface area contributed by atoms with Crippen LogP contribution in [0.4, 0.5) is 8.78 Å². The summed E-state index contributed by atoms with van der Waals surface area (Å²) in [5.74, 6) is 0.789. The van der Waals surface area contributed by atoms with Gasteiger partial charge in [0.25, 0.3) is 0 Å². The Morgan fingerprint density at radius 3 is 2.08 bits per heavy atom. The lowest BCUT2D eigenvalue weighted by molar-refractivity contribution is -0.147. The van der Waals surface area contributed by atoms with E-state index in [9.17, 15) is 13.6 Å². The number of nitrogens with zero attached hydrogens (tertiary/aromatic N) is 2. The third-order valence-corrected chi connectivity index (χ3v) is 6.85. The Labute approximate surface area is 237 Å². The van der Waals surface area contributed by atoms with Crippen molar-refractivity contribution >= 4 is 5.97 Å². The molecule has 0 spiro atoms.